The second kappa shape index (κ2) is 12.8. The highest BCUT2D eigenvalue weighted by Crippen LogP contribution is 2.52. The van der Waals surface area contributed by atoms with E-state index in [4.69, 9.17) is 4.74 Å². The molecule has 2 aliphatic carbocycles. The molecule has 10 nitrogen and oxygen atoms in total. The molecule has 2 N–H and O–H groups in total. The lowest BCUT2D eigenvalue weighted by Gasteiger charge is -2.48. The van der Waals surface area contributed by atoms with Crippen molar-refractivity contribution in [3.63, 3.8) is 0 Å². The zero-order chi connectivity index (χ0) is 29.7. The van der Waals surface area contributed by atoms with Gasteiger partial charge in [0, 0.05) is 39.3 Å². The summed E-state index contributed by atoms with van der Waals surface area (Å²) in [6.07, 6.45) is 9.65. The highest BCUT2D eigenvalue weighted by Gasteiger charge is 2.42. The van der Waals surface area contributed by atoms with E-state index >= 15 is 0 Å². The summed E-state index contributed by atoms with van der Waals surface area (Å²) in [7, 11) is 5.02. The fraction of sp³-hybridized carbons (Fsp3) is 0.633. The first-order valence-electron chi connectivity index (χ1n) is 14.2. The Balaban J connectivity index is 0.000000225. The van der Waals surface area contributed by atoms with E-state index in [9.17, 15) is 24.0 Å². The van der Waals surface area contributed by atoms with Gasteiger partial charge in [-0.3, -0.25) is 19.3 Å². The van der Waals surface area contributed by atoms with Crippen LogP contribution in [0.25, 0.3) is 0 Å². The summed E-state index contributed by atoms with van der Waals surface area (Å²) >= 11 is 0. The van der Waals surface area contributed by atoms with Gasteiger partial charge in [-0.2, -0.15) is 0 Å². The van der Waals surface area contributed by atoms with Gasteiger partial charge in [0.15, 0.2) is 0 Å². The Morgan fingerprint density at radius 1 is 1.12 bits per heavy atom. The third-order valence-electron chi connectivity index (χ3n) is 8.31. The number of carbonyl (C=O) groups is 5. The van der Waals surface area contributed by atoms with Crippen molar-refractivity contribution in [3.8, 4) is 0 Å². The number of carbonyl (C=O) groups excluding carboxylic acids is 5. The minimum atomic E-state index is -0.950. The highest BCUT2D eigenvalue weighted by molar-refractivity contribution is 6.24. The van der Waals surface area contributed by atoms with Gasteiger partial charge in [0.25, 0.3) is 11.8 Å². The number of hydrogen-bond acceptors (Lipinski definition) is 7. The lowest BCUT2D eigenvalue weighted by atomic mass is 9.60. The van der Waals surface area contributed by atoms with Gasteiger partial charge >= 0.3 is 6.09 Å². The van der Waals surface area contributed by atoms with Crippen LogP contribution in [0.2, 0.25) is 0 Å². The highest BCUT2D eigenvalue weighted by atomic mass is 16.6. The van der Waals surface area contributed by atoms with Gasteiger partial charge in [-0.25, -0.2) is 4.79 Å². The van der Waals surface area contributed by atoms with Crippen molar-refractivity contribution in [3.05, 3.63) is 29.3 Å². The van der Waals surface area contributed by atoms with Gasteiger partial charge in [0.05, 0.1) is 17.2 Å². The van der Waals surface area contributed by atoms with Crippen LogP contribution in [-0.2, 0) is 14.3 Å². The quantitative estimate of drug-likeness (QED) is 0.377. The molecule has 0 radical (unpaired) electrons. The van der Waals surface area contributed by atoms with Crippen LogP contribution in [-0.4, -0.2) is 78.7 Å². The summed E-state index contributed by atoms with van der Waals surface area (Å²) in [5.74, 6) is -1.27. The van der Waals surface area contributed by atoms with E-state index in [1.165, 1.54) is 39.2 Å². The maximum atomic E-state index is 12.5. The van der Waals surface area contributed by atoms with Gasteiger partial charge in [-0.05, 0) is 83.3 Å². The molecule has 4 amide bonds. The zero-order valence-corrected chi connectivity index (χ0v) is 24.7. The molecule has 1 aliphatic heterocycles. The van der Waals surface area contributed by atoms with Crippen LogP contribution in [0.1, 0.15) is 99.3 Å². The van der Waals surface area contributed by atoms with Gasteiger partial charge in [0.1, 0.15) is 11.9 Å². The summed E-state index contributed by atoms with van der Waals surface area (Å²) < 4.78 is 5.43. The summed E-state index contributed by atoms with van der Waals surface area (Å²) in [6.45, 7) is 5.76. The van der Waals surface area contributed by atoms with Crippen LogP contribution in [0.4, 0.5) is 10.5 Å². The average Bonchev–Trinajstić information content (AvgIpc) is 3.17. The molecule has 220 valence electrons. The molecule has 1 heterocycles. The molecule has 10 heteroatoms. The van der Waals surface area contributed by atoms with Crippen molar-refractivity contribution in [1.82, 2.24) is 15.1 Å². The lowest BCUT2D eigenvalue weighted by Crippen LogP contribution is -2.45. The number of ether oxygens (including phenoxy) is 1. The topological polar surface area (TPSA) is 125 Å². The molecule has 1 aromatic carbocycles. The van der Waals surface area contributed by atoms with Crippen molar-refractivity contribution in [2.75, 3.05) is 26.5 Å². The average molecular weight is 557 g/mol. The molecular weight excluding hydrogens is 512 g/mol. The number of fused-ring (bicyclic) bond motifs is 1. The molecular formula is C30H44N4O6. The van der Waals surface area contributed by atoms with Crippen molar-refractivity contribution in [2.24, 2.45) is 5.41 Å². The second-order valence-corrected chi connectivity index (χ2v) is 12.0. The van der Waals surface area contributed by atoms with E-state index in [1.54, 1.807) is 25.2 Å². The molecule has 0 aromatic heterocycles. The lowest BCUT2D eigenvalue weighted by molar-refractivity contribution is -0.121. The van der Waals surface area contributed by atoms with Crippen LogP contribution < -0.4 is 10.6 Å². The van der Waals surface area contributed by atoms with Gasteiger partial charge in [-0.15, -0.1) is 0 Å². The molecule has 40 heavy (non-hydrogen) atoms. The molecule has 0 bridgehead atoms. The Kier molecular flexibility index (Phi) is 9.97. The van der Waals surface area contributed by atoms with Crippen LogP contribution >= 0.6 is 0 Å². The molecule has 4 rings (SSSR count). The second-order valence-electron chi connectivity index (χ2n) is 12.0. The Bertz CT molecular complexity index is 1110. The molecule has 1 unspecified atom stereocenters. The molecule has 3 aliphatic rings. The minimum absolute atomic E-state index is 0.0617. The zero-order valence-electron chi connectivity index (χ0n) is 24.7. The normalized spacial score (nSPS) is 18.6. The Morgan fingerprint density at radius 2 is 1.77 bits per heavy atom. The largest absolute Gasteiger partial charge is 0.444 e. The maximum absolute atomic E-state index is 12.5. The fourth-order valence-corrected chi connectivity index (χ4v) is 5.74. The Labute approximate surface area is 237 Å². The van der Waals surface area contributed by atoms with E-state index < -0.39 is 23.5 Å². The van der Waals surface area contributed by atoms with Gasteiger partial charge < -0.3 is 25.1 Å². The van der Waals surface area contributed by atoms with E-state index in [-0.39, 0.29) is 36.0 Å². The minimum Gasteiger partial charge on any atom is -0.444 e. The van der Waals surface area contributed by atoms with Crippen molar-refractivity contribution < 1.29 is 28.7 Å². The SMILES string of the molecule is CN(C(=O)OC(C)(C)C)C1CCC2(CCC2)CC1.CNC(=O)CCC(C=O)N1C(=O)c2cccc(NC)c2C1=O. The number of hydrogen-bond donors (Lipinski definition) is 2. The number of benzene rings is 1. The van der Waals surface area contributed by atoms with Crippen molar-refractivity contribution in [1.29, 1.82) is 0 Å². The molecule has 1 atom stereocenters. The van der Waals surface area contributed by atoms with Crippen LogP contribution in [0.3, 0.4) is 0 Å². The third kappa shape index (κ3) is 7.01. The van der Waals surface area contributed by atoms with Gasteiger partial charge in [-0.1, -0.05) is 12.5 Å². The first kappa shape index (κ1) is 31.1. The number of aldehydes is 1. The van der Waals surface area contributed by atoms with E-state index in [2.05, 4.69) is 10.6 Å². The maximum Gasteiger partial charge on any atom is 0.410 e. The molecule has 1 spiro atoms. The smallest absolute Gasteiger partial charge is 0.410 e. The van der Waals surface area contributed by atoms with Gasteiger partial charge in [0.2, 0.25) is 5.91 Å². The number of amides is 4. The molecule has 2 saturated carbocycles. The molecule has 2 fully saturated rings. The van der Waals surface area contributed by atoms with E-state index in [0.717, 1.165) is 17.7 Å². The van der Waals surface area contributed by atoms with Crippen molar-refractivity contribution >= 4 is 35.8 Å². The number of nitrogens with one attached hydrogen (secondary N) is 2. The summed E-state index contributed by atoms with van der Waals surface area (Å²) in [5, 5.41) is 5.30. The van der Waals surface area contributed by atoms with Crippen LogP contribution in [0.5, 0.6) is 0 Å². The standard InChI is InChI=1S/C15H17N3O4.C15H27NO2/c1-16-11-5-3-4-10-13(11)15(22)18(14(10)21)9(8-19)6-7-12(20)17-2;1-14(2,3)18-13(17)16(4)12-6-10-15(11-7-12)8-5-9-15/h3-5,8-9,16H,6-7H2,1-2H3,(H,17,20);12H,5-11H2,1-4H3. The fourth-order valence-electron chi connectivity index (χ4n) is 5.74. The summed E-state index contributed by atoms with van der Waals surface area (Å²) in [6, 6.07) is 4.34. The number of anilines is 1. The molecule has 0 saturated heterocycles. The third-order valence-corrected chi connectivity index (χ3v) is 8.31. The first-order valence-corrected chi connectivity index (χ1v) is 14.2. The molecule has 1 aromatic rings. The summed E-state index contributed by atoms with van der Waals surface area (Å²) in [4.78, 5) is 62.3. The van der Waals surface area contributed by atoms with E-state index in [1.807, 2.05) is 32.7 Å². The Morgan fingerprint density at radius 3 is 2.27 bits per heavy atom. The van der Waals surface area contributed by atoms with Crippen LogP contribution in [0, 0.1) is 5.41 Å². The first-order chi connectivity index (χ1) is 18.9. The monoisotopic (exact) mass is 556 g/mol. The summed E-state index contributed by atoms with van der Waals surface area (Å²) in [5.41, 5.74) is 1.33. The number of imide groups is 1. The number of nitrogens with zero attached hydrogens (tertiary/aromatic N) is 2. The predicted octanol–water partition coefficient (Wildman–Crippen LogP) is 4.38. The van der Waals surface area contributed by atoms with E-state index in [0.29, 0.717) is 23.4 Å². The van der Waals surface area contributed by atoms with Crippen molar-refractivity contribution in [2.45, 2.75) is 96.2 Å². The predicted molar refractivity (Wildman–Crippen MR) is 152 cm³/mol. The number of rotatable bonds is 7. The van der Waals surface area contributed by atoms with Crippen LogP contribution in [0.15, 0.2) is 18.2 Å². The Hall–Kier alpha value is -3.43.